The van der Waals surface area contributed by atoms with Crippen LogP contribution in [0.2, 0.25) is 10.0 Å². The van der Waals surface area contributed by atoms with Gasteiger partial charge in [-0.25, -0.2) is 8.42 Å². The van der Waals surface area contributed by atoms with Crippen LogP contribution in [0.15, 0.2) is 42.5 Å². The molecular weight excluding hydrogens is 451 g/mol. The normalized spacial score (nSPS) is 15.5. The van der Waals surface area contributed by atoms with Crippen molar-refractivity contribution in [1.82, 2.24) is 5.32 Å². The molecule has 7 nitrogen and oxygen atoms in total. The molecule has 1 amide bonds. The molecule has 162 valence electrons. The van der Waals surface area contributed by atoms with Crippen molar-refractivity contribution < 1.29 is 22.7 Å². The molecule has 1 atom stereocenters. The van der Waals surface area contributed by atoms with Gasteiger partial charge in [-0.15, -0.1) is 0 Å². The lowest BCUT2D eigenvalue weighted by Crippen LogP contribution is -2.41. The third-order valence-corrected chi connectivity index (χ3v) is 6.38. The zero-order valence-corrected chi connectivity index (χ0v) is 18.6. The number of amides is 1. The molecule has 0 aromatic heterocycles. The second-order valence-corrected chi connectivity index (χ2v) is 9.56. The van der Waals surface area contributed by atoms with Crippen LogP contribution in [0.5, 0.6) is 11.5 Å². The Labute approximate surface area is 185 Å². The van der Waals surface area contributed by atoms with Crippen molar-refractivity contribution in [3.63, 3.8) is 0 Å². The Bertz CT molecular complexity index is 1020. The van der Waals surface area contributed by atoms with E-state index in [4.69, 9.17) is 32.7 Å². The first-order chi connectivity index (χ1) is 14.2. The van der Waals surface area contributed by atoms with Gasteiger partial charge in [0, 0.05) is 13.0 Å². The number of para-hydroxylation sites is 2. The van der Waals surface area contributed by atoms with Crippen molar-refractivity contribution in [2.75, 3.05) is 30.3 Å². The van der Waals surface area contributed by atoms with Gasteiger partial charge in [0.15, 0.2) is 11.5 Å². The Morgan fingerprint density at radius 1 is 1.17 bits per heavy atom. The molecule has 0 saturated carbocycles. The molecule has 1 heterocycles. The number of fused-ring (bicyclic) bond motifs is 1. The molecule has 2 aromatic carbocycles. The second-order valence-electron chi connectivity index (χ2n) is 6.84. The molecule has 30 heavy (non-hydrogen) atoms. The van der Waals surface area contributed by atoms with E-state index in [2.05, 4.69) is 5.32 Å². The minimum Gasteiger partial charge on any atom is -0.486 e. The first-order valence-electron chi connectivity index (χ1n) is 9.32. The van der Waals surface area contributed by atoms with Crippen molar-refractivity contribution in [2.24, 2.45) is 0 Å². The van der Waals surface area contributed by atoms with E-state index in [1.54, 1.807) is 6.07 Å². The standard InChI is InChI=1S/C20H22Cl2N2O5S/c1-30(26,27)24(14-8-9-16(21)17(22)11-14)10-4-7-20(25)23-12-15-13-28-18-5-2-3-6-19(18)29-15/h2-3,5-6,8-9,11,15H,4,7,10,12-13H2,1H3,(H,23,25). The Balaban J connectivity index is 1.48. The lowest BCUT2D eigenvalue weighted by molar-refractivity contribution is -0.121. The lowest BCUT2D eigenvalue weighted by atomic mass is 10.2. The number of nitrogens with zero attached hydrogens (tertiary/aromatic N) is 1. The largest absolute Gasteiger partial charge is 0.486 e. The molecule has 1 aliphatic heterocycles. The number of halogens is 2. The Morgan fingerprint density at radius 2 is 1.90 bits per heavy atom. The molecule has 2 aromatic rings. The summed E-state index contributed by atoms with van der Waals surface area (Å²) in [6, 6.07) is 12.0. The SMILES string of the molecule is CS(=O)(=O)N(CCCC(=O)NCC1COc2ccccc2O1)c1ccc(Cl)c(Cl)c1. The maximum atomic E-state index is 12.2. The summed E-state index contributed by atoms with van der Waals surface area (Å²) < 4.78 is 36.9. The summed E-state index contributed by atoms with van der Waals surface area (Å²) in [6.45, 7) is 0.785. The quantitative estimate of drug-likeness (QED) is 0.635. The second kappa shape index (κ2) is 9.76. The smallest absolute Gasteiger partial charge is 0.232 e. The summed E-state index contributed by atoms with van der Waals surface area (Å²) in [5.74, 6) is 1.14. The highest BCUT2D eigenvalue weighted by atomic mass is 35.5. The molecule has 1 unspecified atom stereocenters. The summed E-state index contributed by atoms with van der Waals surface area (Å²) >= 11 is 11.9. The van der Waals surface area contributed by atoms with Gasteiger partial charge in [-0.3, -0.25) is 9.10 Å². The fraction of sp³-hybridized carbons (Fsp3) is 0.350. The summed E-state index contributed by atoms with van der Waals surface area (Å²) in [7, 11) is -3.54. The number of carbonyl (C=O) groups excluding carboxylic acids is 1. The number of ether oxygens (including phenoxy) is 2. The highest BCUT2D eigenvalue weighted by molar-refractivity contribution is 7.92. The van der Waals surface area contributed by atoms with Crippen LogP contribution in [0.1, 0.15) is 12.8 Å². The zero-order chi connectivity index (χ0) is 21.7. The van der Waals surface area contributed by atoms with Crippen LogP contribution < -0.4 is 19.1 Å². The van der Waals surface area contributed by atoms with Gasteiger partial charge in [-0.1, -0.05) is 35.3 Å². The van der Waals surface area contributed by atoms with Crippen LogP contribution in [0, 0.1) is 0 Å². The van der Waals surface area contributed by atoms with Crippen molar-refractivity contribution in [3.8, 4) is 11.5 Å². The zero-order valence-electron chi connectivity index (χ0n) is 16.3. The molecule has 1 N–H and O–H groups in total. The van der Waals surface area contributed by atoms with Gasteiger partial charge in [0.25, 0.3) is 0 Å². The molecular formula is C20H22Cl2N2O5S. The first-order valence-corrected chi connectivity index (χ1v) is 11.9. The average Bonchev–Trinajstić information content (AvgIpc) is 2.71. The van der Waals surface area contributed by atoms with Gasteiger partial charge < -0.3 is 14.8 Å². The number of sulfonamides is 1. The number of anilines is 1. The molecule has 3 rings (SSSR count). The van der Waals surface area contributed by atoms with Crippen LogP contribution in [0.25, 0.3) is 0 Å². The fourth-order valence-electron chi connectivity index (χ4n) is 2.99. The van der Waals surface area contributed by atoms with E-state index >= 15 is 0 Å². The third kappa shape index (κ3) is 5.93. The predicted molar refractivity (Wildman–Crippen MR) is 117 cm³/mol. The van der Waals surface area contributed by atoms with Crippen LogP contribution in [-0.4, -0.2) is 46.4 Å². The molecule has 0 saturated heterocycles. The lowest BCUT2D eigenvalue weighted by Gasteiger charge is -2.26. The van der Waals surface area contributed by atoms with E-state index in [1.165, 1.54) is 16.4 Å². The van der Waals surface area contributed by atoms with Crippen LogP contribution in [0.4, 0.5) is 5.69 Å². The Hall–Kier alpha value is -2.16. The van der Waals surface area contributed by atoms with Gasteiger partial charge in [0.05, 0.1) is 28.5 Å². The monoisotopic (exact) mass is 472 g/mol. The summed E-state index contributed by atoms with van der Waals surface area (Å²) in [4.78, 5) is 12.2. The number of hydrogen-bond acceptors (Lipinski definition) is 5. The molecule has 1 aliphatic rings. The number of nitrogens with one attached hydrogen (secondary N) is 1. The minimum absolute atomic E-state index is 0.140. The number of hydrogen-bond donors (Lipinski definition) is 1. The number of carbonyl (C=O) groups is 1. The first kappa shape index (κ1) is 22.5. The Morgan fingerprint density at radius 3 is 2.60 bits per heavy atom. The fourth-order valence-corrected chi connectivity index (χ4v) is 4.24. The van der Waals surface area contributed by atoms with Crippen molar-refractivity contribution >= 4 is 44.8 Å². The number of rotatable bonds is 8. The average molecular weight is 473 g/mol. The van der Waals surface area contributed by atoms with E-state index in [9.17, 15) is 13.2 Å². The molecule has 0 spiro atoms. The maximum Gasteiger partial charge on any atom is 0.232 e. The van der Waals surface area contributed by atoms with E-state index in [1.807, 2.05) is 24.3 Å². The highest BCUT2D eigenvalue weighted by Crippen LogP contribution is 2.31. The summed E-state index contributed by atoms with van der Waals surface area (Å²) in [5.41, 5.74) is 0.402. The van der Waals surface area contributed by atoms with Gasteiger partial charge in [-0.2, -0.15) is 0 Å². The van der Waals surface area contributed by atoms with Gasteiger partial charge in [0.2, 0.25) is 15.9 Å². The minimum atomic E-state index is -3.54. The highest BCUT2D eigenvalue weighted by Gasteiger charge is 2.22. The van der Waals surface area contributed by atoms with E-state index in [0.29, 0.717) is 41.8 Å². The third-order valence-electron chi connectivity index (χ3n) is 4.45. The summed E-state index contributed by atoms with van der Waals surface area (Å²) in [6.07, 6.45) is 1.32. The van der Waals surface area contributed by atoms with Gasteiger partial charge in [0.1, 0.15) is 12.7 Å². The summed E-state index contributed by atoms with van der Waals surface area (Å²) in [5, 5.41) is 3.40. The maximum absolute atomic E-state index is 12.2. The van der Waals surface area contributed by atoms with Gasteiger partial charge in [-0.05, 0) is 36.8 Å². The van der Waals surface area contributed by atoms with E-state index < -0.39 is 10.0 Å². The predicted octanol–water partition coefficient (Wildman–Crippen LogP) is 3.50. The Kier molecular flexibility index (Phi) is 7.33. The molecule has 0 bridgehead atoms. The molecule has 10 heteroatoms. The molecule has 0 fully saturated rings. The van der Waals surface area contributed by atoms with Crippen LogP contribution in [0.3, 0.4) is 0 Å². The van der Waals surface area contributed by atoms with E-state index in [-0.39, 0.29) is 30.0 Å². The van der Waals surface area contributed by atoms with Crippen LogP contribution >= 0.6 is 23.2 Å². The van der Waals surface area contributed by atoms with E-state index in [0.717, 1.165) is 6.26 Å². The van der Waals surface area contributed by atoms with Crippen molar-refractivity contribution in [1.29, 1.82) is 0 Å². The van der Waals surface area contributed by atoms with Gasteiger partial charge >= 0.3 is 0 Å². The topological polar surface area (TPSA) is 84.9 Å². The molecule has 0 aliphatic carbocycles. The number of benzene rings is 2. The van der Waals surface area contributed by atoms with Crippen molar-refractivity contribution in [3.05, 3.63) is 52.5 Å². The van der Waals surface area contributed by atoms with Crippen LogP contribution in [-0.2, 0) is 14.8 Å². The molecule has 0 radical (unpaired) electrons. The van der Waals surface area contributed by atoms with Crippen molar-refractivity contribution in [2.45, 2.75) is 18.9 Å².